The molecule has 0 heterocycles. The quantitative estimate of drug-likeness (QED) is 0.648. The summed E-state index contributed by atoms with van der Waals surface area (Å²) >= 11 is 0. The summed E-state index contributed by atoms with van der Waals surface area (Å²) in [5, 5.41) is 5.01. The van der Waals surface area contributed by atoms with Gasteiger partial charge in [0.25, 0.3) is 0 Å². The van der Waals surface area contributed by atoms with Crippen LogP contribution in [0.2, 0.25) is 0 Å². The number of hydrogen-bond acceptors (Lipinski definition) is 3. The first kappa shape index (κ1) is 23.4. The molecule has 0 saturated carbocycles. The number of likely N-dealkylation sites (N-methyl/N-ethyl adjacent to an activating group) is 1. The molecule has 2 amide bonds. The highest BCUT2D eigenvalue weighted by Crippen LogP contribution is 2.34. The Morgan fingerprint density at radius 3 is 2.10 bits per heavy atom. The van der Waals surface area contributed by atoms with Gasteiger partial charge < -0.3 is 10.6 Å². The monoisotopic (exact) mass is 421 g/mol. The lowest BCUT2D eigenvalue weighted by molar-refractivity contribution is -0.137. The fourth-order valence-electron chi connectivity index (χ4n) is 2.91. The van der Waals surface area contributed by atoms with E-state index in [1.54, 1.807) is 7.05 Å². The van der Waals surface area contributed by atoms with Crippen LogP contribution < -0.4 is 10.6 Å². The highest BCUT2D eigenvalue weighted by molar-refractivity contribution is 5.95. The summed E-state index contributed by atoms with van der Waals surface area (Å²) in [4.78, 5) is 25.7. The molecular formula is C22H26F3N3O2. The molecule has 0 unspecified atom stereocenters. The molecule has 0 spiro atoms. The lowest BCUT2D eigenvalue weighted by Crippen LogP contribution is -2.36. The van der Waals surface area contributed by atoms with E-state index in [1.807, 2.05) is 24.3 Å². The molecule has 1 atom stereocenters. The van der Waals surface area contributed by atoms with E-state index in [1.165, 1.54) is 28.7 Å². The highest BCUT2D eigenvalue weighted by Gasteiger charge is 2.33. The fourth-order valence-corrected chi connectivity index (χ4v) is 2.91. The zero-order valence-electron chi connectivity index (χ0n) is 17.2. The molecule has 0 aliphatic rings. The molecule has 2 aromatic carbocycles. The first-order valence-corrected chi connectivity index (χ1v) is 9.64. The highest BCUT2D eigenvalue weighted by atomic mass is 19.4. The van der Waals surface area contributed by atoms with Gasteiger partial charge in [0.15, 0.2) is 0 Å². The zero-order chi connectivity index (χ0) is 22.3. The predicted molar refractivity (Wildman–Crippen MR) is 111 cm³/mol. The molecule has 0 bridgehead atoms. The first-order valence-electron chi connectivity index (χ1n) is 9.64. The van der Waals surface area contributed by atoms with Gasteiger partial charge in [0.1, 0.15) is 0 Å². The Bertz CT molecular complexity index is 867. The molecule has 0 aliphatic carbocycles. The summed E-state index contributed by atoms with van der Waals surface area (Å²) in [5.41, 5.74) is 0.598. The number of halogens is 3. The number of carbonyl (C=O) groups excluding carboxylic acids is 2. The Kier molecular flexibility index (Phi) is 8.00. The number of benzene rings is 2. The third kappa shape index (κ3) is 6.88. The maximum atomic E-state index is 13.0. The molecule has 5 nitrogen and oxygen atoms in total. The Labute approximate surface area is 174 Å². The van der Waals surface area contributed by atoms with E-state index < -0.39 is 17.6 Å². The second kappa shape index (κ2) is 10.2. The van der Waals surface area contributed by atoms with E-state index >= 15 is 0 Å². The minimum Gasteiger partial charge on any atom is -0.325 e. The maximum absolute atomic E-state index is 13.0. The third-order valence-corrected chi connectivity index (χ3v) is 4.71. The van der Waals surface area contributed by atoms with Crippen molar-refractivity contribution in [1.82, 2.24) is 4.90 Å². The van der Waals surface area contributed by atoms with Crippen LogP contribution in [-0.2, 0) is 15.8 Å². The van der Waals surface area contributed by atoms with Crippen LogP contribution >= 0.6 is 0 Å². The number of carbonyl (C=O) groups is 2. The molecular weight excluding hydrogens is 395 g/mol. The summed E-state index contributed by atoms with van der Waals surface area (Å²) < 4.78 is 39.0. The van der Waals surface area contributed by atoms with Crippen molar-refractivity contribution in [2.75, 3.05) is 30.8 Å². The number of anilines is 2. The minimum atomic E-state index is -4.57. The number of alkyl halides is 3. The SMILES string of the molecule is CC[C@H](C)c1ccc(NC(=O)CN(C)CC(=O)Nc2ccccc2C(F)(F)F)cc1. The predicted octanol–water partition coefficient (Wildman–Crippen LogP) is 4.73. The van der Waals surface area contributed by atoms with Crippen LogP contribution in [-0.4, -0.2) is 36.9 Å². The van der Waals surface area contributed by atoms with E-state index in [0.717, 1.165) is 12.5 Å². The molecule has 2 N–H and O–H groups in total. The standard InChI is InChI=1S/C22H26F3N3O2/c1-4-15(2)16-9-11-17(12-10-16)26-20(29)13-28(3)14-21(30)27-19-8-6-5-7-18(19)22(23,24)25/h5-12,15H,4,13-14H2,1-3H3,(H,26,29)(H,27,30)/t15-/m0/s1. The number of nitrogens with zero attached hydrogens (tertiary/aromatic N) is 1. The lowest BCUT2D eigenvalue weighted by Gasteiger charge is -2.18. The van der Waals surface area contributed by atoms with Gasteiger partial charge in [-0.05, 0) is 49.2 Å². The van der Waals surface area contributed by atoms with Gasteiger partial charge in [0.05, 0.1) is 24.3 Å². The van der Waals surface area contributed by atoms with Gasteiger partial charge in [0, 0.05) is 5.69 Å². The van der Waals surface area contributed by atoms with Crippen LogP contribution in [0, 0.1) is 0 Å². The van der Waals surface area contributed by atoms with E-state index in [-0.39, 0.29) is 24.7 Å². The van der Waals surface area contributed by atoms with E-state index in [2.05, 4.69) is 24.5 Å². The molecule has 30 heavy (non-hydrogen) atoms. The molecule has 0 saturated heterocycles. The molecule has 0 aliphatic heterocycles. The topological polar surface area (TPSA) is 61.4 Å². The maximum Gasteiger partial charge on any atom is 0.418 e. The van der Waals surface area contributed by atoms with Crippen LogP contribution in [0.1, 0.15) is 37.3 Å². The normalized spacial score (nSPS) is 12.5. The van der Waals surface area contributed by atoms with E-state index in [9.17, 15) is 22.8 Å². The van der Waals surface area contributed by atoms with Crippen LogP contribution in [0.15, 0.2) is 48.5 Å². The lowest BCUT2D eigenvalue weighted by atomic mass is 9.99. The van der Waals surface area contributed by atoms with Crippen LogP contribution in [0.4, 0.5) is 24.5 Å². The fraction of sp³-hybridized carbons (Fsp3) is 0.364. The summed E-state index contributed by atoms with van der Waals surface area (Å²) in [6.07, 6.45) is -3.55. The van der Waals surface area contributed by atoms with Gasteiger partial charge in [-0.15, -0.1) is 0 Å². The van der Waals surface area contributed by atoms with Gasteiger partial charge in [-0.1, -0.05) is 38.1 Å². The smallest absolute Gasteiger partial charge is 0.325 e. The molecule has 8 heteroatoms. The van der Waals surface area contributed by atoms with Crippen molar-refractivity contribution in [3.63, 3.8) is 0 Å². The second-order valence-electron chi connectivity index (χ2n) is 7.24. The van der Waals surface area contributed by atoms with Crippen molar-refractivity contribution in [3.05, 3.63) is 59.7 Å². The largest absolute Gasteiger partial charge is 0.418 e. The molecule has 2 rings (SSSR count). The average Bonchev–Trinajstić information content (AvgIpc) is 2.67. The van der Waals surface area contributed by atoms with E-state index in [4.69, 9.17) is 0 Å². The van der Waals surface area contributed by atoms with Gasteiger partial charge >= 0.3 is 6.18 Å². The van der Waals surface area contributed by atoms with Gasteiger partial charge in [0.2, 0.25) is 11.8 Å². The first-order chi connectivity index (χ1) is 14.1. The van der Waals surface area contributed by atoms with Gasteiger partial charge in [-0.3, -0.25) is 14.5 Å². The van der Waals surface area contributed by atoms with Crippen molar-refractivity contribution < 1.29 is 22.8 Å². The van der Waals surface area contributed by atoms with Gasteiger partial charge in [-0.25, -0.2) is 0 Å². The second-order valence-corrected chi connectivity index (χ2v) is 7.24. The number of para-hydroxylation sites is 1. The number of rotatable bonds is 8. The van der Waals surface area contributed by atoms with Crippen molar-refractivity contribution in [2.24, 2.45) is 0 Å². The number of nitrogens with one attached hydrogen (secondary N) is 2. The van der Waals surface area contributed by atoms with Gasteiger partial charge in [-0.2, -0.15) is 13.2 Å². The Hall–Kier alpha value is -2.87. The van der Waals surface area contributed by atoms with Crippen molar-refractivity contribution in [2.45, 2.75) is 32.4 Å². The third-order valence-electron chi connectivity index (χ3n) is 4.71. The van der Waals surface area contributed by atoms with Crippen LogP contribution in [0.5, 0.6) is 0 Å². The Morgan fingerprint density at radius 2 is 1.53 bits per heavy atom. The Balaban J connectivity index is 1.87. The van der Waals surface area contributed by atoms with E-state index in [0.29, 0.717) is 11.6 Å². The zero-order valence-corrected chi connectivity index (χ0v) is 17.2. The molecule has 162 valence electrons. The molecule has 0 fully saturated rings. The molecule has 2 aromatic rings. The molecule has 0 aromatic heterocycles. The van der Waals surface area contributed by atoms with Crippen molar-refractivity contribution in [1.29, 1.82) is 0 Å². The van der Waals surface area contributed by atoms with Crippen molar-refractivity contribution >= 4 is 23.2 Å². The van der Waals surface area contributed by atoms with Crippen LogP contribution in [0.25, 0.3) is 0 Å². The molecule has 0 radical (unpaired) electrons. The average molecular weight is 421 g/mol. The summed E-state index contributed by atoms with van der Waals surface area (Å²) in [7, 11) is 1.54. The summed E-state index contributed by atoms with van der Waals surface area (Å²) in [6.45, 7) is 3.92. The number of amides is 2. The van der Waals surface area contributed by atoms with Crippen molar-refractivity contribution in [3.8, 4) is 0 Å². The summed E-state index contributed by atoms with van der Waals surface area (Å²) in [6, 6.07) is 12.3. The Morgan fingerprint density at radius 1 is 0.967 bits per heavy atom. The minimum absolute atomic E-state index is 0.0819. The summed E-state index contributed by atoms with van der Waals surface area (Å²) in [5.74, 6) is -0.529. The number of hydrogen-bond donors (Lipinski definition) is 2. The van der Waals surface area contributed by atoms with Crippen LogP contribution in [0.3, 0.4) is 0 Å².